The minimum Gasteiger partial charge on any atom is -0.349 e. The van der Waals surface area contributed by atoms with Gasteiger partial charge in [-0.05, 0) is 11.8 Å². The van der Waals surface area contributed by atoms with Crippen LogP contribution < -0.4 is 0 Å². The molecule has 3 heteroatoms. The van der Waals surface area contributed by atoms with Gasteiger partial charge in [-0.25, -0.2) is 0 Å². The quantitative estimate of drug-likeness (QED) is 0.555. The lowest BCUT2D eigenvalue weighted by molar-refractivity contribution is 0.295. The van der Waals surface area contributed by atoms with E-state index in [4.69, 9.17) is 5.41 Å². The average Bonchev–Trinajstić information content (AvgIpc) is 1.99. The maximum atomic E-state index is 7.94. The van der Waals surface area contributed by atoms with Crippen LogP contribution in [0.15, 0.2) is 0 Å². The minimum absolute atomic E-state index is 0.606. The second-order valence-electron chi connectivity index (χ2n) is 4.91. The van der Waals surface area contributed by atoms with E-state index in [9.17, 15) is 0 Å². The van der Waals surface area contributed by atoms with Gasteiger partial charge in [-0.2, -0.15) is 0 Å². The van der Waals surface area contributed by atoms with Gasteiger partial charge in [0.05, 0.1) is 0 Å². The van der Waals surface area contributed by atoms with Gasteiger partial charge in [0.2, 0.25) is 0 Å². The van der Waals surface area contributed by atoms with Crippen molar-refractivity contribution in [3.8, 4) is 0 Å². The Morgan fingerprint density at radius 3 is 1.57 bits per heavy atom. The minimum atomic E-state index is 0.606. The van der Waals surface area contributed by atoms with Crippen LogP contribution in [0.1, 0.15) is 27.7 Å². The van der Waals surface area contributed by atoms with Crippen LogP contribution in [-0.4, -0.2) is 42.9 Å². The number of hydrogen-bond donors (Lipinski definition) is 1. The number of nitrogens with zero attached hydrogens (tertiary/aromatic N) is 2. The first-order valence-electron chi connectivity index (χ1n) is 5.35. The van der Waals surface area contributed by atoms with Gasteiger partial charge in [-0.3, -0.25) is 5.41 Å². The molecule has 0 saturated carbocycles. The predicted octanol–water partition coefficient (Wildman–Crippen LogP) is 2.10. The number of hydrogen-bond acceptors (Lipinski definition) is 1. The zero-order valence-corrected chi connectivity index (χ0v) is 10.5. The van der Waals surface area contributed by atoms with Crippen molar-refractivity contribution in [1.82, 2.24) is 9.80 Å². The molecule has 0 radical (unpaired) electrons. The fraction of sp³-hybridized carbons (Fsp3) is 0.909. The van der Waals surface area contributed by atoms with Crippen LogP contribution in [0.25, 0.3) is 0 Å². The molecule has 0 amide bonds. The van der Waals surface area contributed by atoms with E-state index in [1.165, 1.54) is 0 Å². The molecule has 0 atom stereocenters. The van der Waals surface area contributed by atoms with Crippen molar-refractivity contribution in [2.75, 3.05) is 27.2 Å². The first kappa shape index (κ1) is 13.3. The molecule has 0 aliphatic heterocycles. The lowest BCUT2D eigenvalue weighted by Crippen LogP contribution is -2.43. The standard InChI is InChI=1S/C11H25N3/c1-9(2)7-14(8-10(3)4)11(12)13(5)6/h9-10,12H,7-8H2,1-6H3. The van der Waals surface area contributed by atoms with Gasteiger partial charge in [0, 0.05) is 27.2 Å². The molecule has 0 aromatic rings. The normalized spacial score (nSPS) is 10.9. The van der Waals surface area contributed by atoms with Crippen molar-refractivity contribution < 1.29 is 0 Å². The lowest BCUT2D eigenvalue weighted by atomic mass is 10.1. The number of guanidine groups is 1. The molecule has 0 bridgehead atoms. The summed E-state index contributed by atoms with van der Waals surface area (Å²) in [5, 5.41) is 7.94. The van der Waals surface area contributed by atoms with Crippen LogP contribution >= 0.6 is 0 Å². The van der Waals surface area contributed by atoms with Crippen molar-refractivity contribution in [3.05, 3.63) is 0 Å². The highest BCUT2D eigenvalue weighted by molar-refractivity contribution is 5.76. The predicted molar refractivity (Wildman–Crippen MR) is 62.7 cm³/mol. The molecule has 0 spiro atoms. The van der Waals surface area contributed by atoms with Crippen LogP contribution in [0.5, 0.6) is 0 Å². The molecule has 0 fully saturated rings. The molecule has 0 aliphatic rings. The highest BCUT2D eigenvalue weighted by Crippen LogP contribution is 2.05. The third-order valence-electron chi connectivity index (χ3n) is 1.89. The molecular weight excluding hydrogens is 174 g/mol. The van der Waals surface area contributed by atoms with E-state index in [-0.39, 0.29) is 0 Å². The Bertz CT molecular complexity index is 163. The summed E-state index contributed by atoms with van der Waals surface area (Å²) in [6.07, 6.45) is 0. The summed E-state index contributed by atoms with van der Waals surface area (Å²) >= 11 is 0. The van der Waals surface area contributed by atoms with Crippen molar-refractivity contribution in [2.45, 2.75) is 27.7 Å². The summed E-state index contributed by atoms with van der Waals surface area (Å²) in [6.45, 7) is 10.7. The highest BCUT2D eigenvalue weighted by atomic mass is 15.3. The molecule has 14 heavy (non-hydrogen) atoms. The Labute approximate surface area is 88.6 Å². The van der Waals surface area contributed by atoms with Crippen molar-refractivity contribution in [3.63, 3.8) is 0 Å². The summed E-state index contributed by atoms with van der Waals surface area (Å²) in [5.41, 5.74) is 0. The summed E-state index contributed by atoms with van der Waals surface area (Å²) < 4.78 is 0. The van der Waals surface area contributed by atoms with E-state index >= 15 is 0 Å². The highest BCUT2D eigenvalue weighted by Gasteiger charge is 2.14. The van der Waals surface area contributed by atoms with Crippen LogP contribution in [0.4, 0.5) is 0 Å². The Balaban J connectivity index is 4.31. The molecule has 84 valence electrons. The molecule has 3 nitrogen and oxygen atoms in total. The van der Waals surface area contributed by atoms with Gasteiger partial charge in [0.25, 0.3) is 0 Å². The van der Waals surface area contributed by atoms with Crippen molar-refractivity contribution in [2.24, 2.45) is 11.8 Å². The van der Waals surface area contributed by atoms with E-state index in [0.29, 0.717) is 17.8 Å². The Hall–Kier alpha value is -0.730. The summed E-state index contributed by atoms with van der Waals surface area (Å²) in [5.74, 6) is 1.83. The third-order valence-corrected chi connectivity index (χ3v) is 1.89. The molecule has 0 aliphatic carbocycles. The van der Waals surface area contributed by atoms with Gasteiger partial charge in [-0.15, -0.1) is 0 Å². The summed E-state index contributed by atoms with van der Waals surface area (Å²) in [4.78, 5) is 4.01. The SMILES string of the molecule is CC(C)CN(CC(C)C)C(=N)N(C)C. The Morgan fingerprint density at radius 2 is 1.36 bits per heavy atom. The fourth-order valence-corrected chi connectivity index (χ4v) is 1.41. The molecular formula is C11H25N3. The second-order valence-corrected chi connectivity index (χ2v) is 4.91. The molecule has 1 N–H and O–H groups in total. The molecule has 0 rings (SSSR count). The Morgan fingerprint density at radius 1 is 1.00 bits per heavy atom. The molecule has 0 aromatic heterocycles. The monoisotopic (exact) mass is 199 g/mol. The smallest absolute Gasteiger partial charge is 0.193 e. The zero-order valence-electron chi connectivity index (χ0n) is 10.5. The van der Waals surface area contributed by atoms with Gasteiger partial charge < -0.3 is 9.80 Å². The van der Waals surface area contributed by atoms with E-state index in [1.54, 1.807) is 0 Å². The van der Waals surface area contributed by atoms with Crippen LogP contribution in [-0.2, 0) is 0 Å². The molecule has 0 aromatic carbocycles. The zero-order chi connectivity index (χ0) is 11.3. The first-order valence-corrected chi connectivity index (χ1v) is 5.35. The third kappa shape index (κ3) is 5.10. The van der Waals surface area contributed by atoms with E-state index in [1.807, 2.05) is 19.0 Å². The average molecular weight is 199 g/mol. The first-order chi connectivity index (χ1) is 6.34. The van der Waals surface area contributed by atoms with Crippen LogP contribution in [0.2, 0.25) is 0 Å². The number of rotatable bonds is 4. The van der Waals surface area contributed by atoms with E-state index < -0.39 is 0 Å². The Kier molecular flexibility index (Phi) is 5.58. The molecule has 0 saturated heterocycles. The largest absolute Gasteiger partial charge is 0.349 e. The summed E-state index contributed by atoms with van der Waals surface area (Å²) in [7, 11) is 3.85. The molecule has 0 unspecified atom stereocenters. The topological polar surface area (TPSA) is 30.3 Å². The maximum Gasteiger partial charge on any atom is 0.193 e. The number of nitrogens with one attached hydrogen (secondary N) is 1. The summed E-state index contributed by atoms with van der Waals surface area (Å²) in [6, 6.07) is 0. The fourth-order valence-electron chi connectivity index (χ4n) is 1.41. The van der Waals surface area contributed by atoms with Crippen molar-refractivity contribution >= 4 is 5.96 Å². The second kappa shape index (κ2) is 5.89. The van der Waals surface area contributed by atoms with Gasteiger partial charge in [-0.1, -0.05) is 27.7 Å². The van der Waals surface area contributed by atoms with Crippen LogP contribution in [0.3, 0.4) is 0 Å². The maximum absolute atomic E-state index is 7.94. The van der Waals surface area contributed by atoms with Gasteiger partial charge >= 0.3 is 0 Å². The van der Waals surface area contributed by atoms with Gasteiger partial charge in [0.1, 0.15) is 0 Å². The lowest BCUT2D eigenvalue weighted by Gasteiger charge is -2.31. The van der Waals surface area contributed by atoms with E-state index in [0.717, 1.165) is 13.1 Å². The van der Waals surface area contributed by atoms with E-state index in [2.05, 4.69) is 32.6 Å². The van der Waals surface area contributed by atoms with Gasteiger partial charge in [0.15, 0.2) is 5.96 Å². The van der Waals surface area contributed by atoms with Crippen LogP contribution in [0, 0.1) is 17.2 Å². The molecule has 0 heterocycles. The van der Waals surface area contributed by atoms with Crippen molar-refractivity contribution in [1.29, 1.82) is 5.41 Å².